The first-order chi connectivity index (χ1) is 10.7. The number of amides is 1. The molecular formula is C16H20N4O2. The third kappa shape index (κ3) is 2.81. The number of ether oxygens (including phenoxy) is 1. The van der Waals surface area contributed by atoms with Crippen LogP contribution in [0.3, 0.4) is 0 Å². The Morgan fingerprint density at radius 3 is 3.05 bits per heavy atom. The molecule has 0 bridgehead atoms. The number of hydrogen-bond donors (Lipinski definition) is 0. The molecule has 6 nitrogen and oxygen atoms in total. The Labute approximate surface area is 129 Å². The zero-order valence-corrected chi connectivity index (χ0v) is 12.9. The second-order valence-electron chi connectivity index (χ2n) is 5.60. The lowest BCUT2D eigenvalue weighted by Gasteiger charge is -2.32. The van der Waals surface area contributed by atoms with Gasteiger partial charge in [0.15, 0.2) is 0 Å². The van der Waals surface area contributed by atoms with Gasteiger partial charge in [-0.25, -0.2) is 4.98 Å². The number of carbonyl (C=O) groups is 1. The van der Waals surface area contributed by atoms with E-state index in [4.69, 9.17) is 4.74 Å². The molecule has 0 spiro atoms. The highest BCUT2D eigenvalue weighted by molar-refractivity contribution is 5.96. The molecule has 0 saturated carbocycles. The van der Waals surface area contributed by atoms with Crippen molar-refractivity contribution >= 4 is 5.91 Å². The average Bonchev–Trinajstić information content (AvgIpc) is 3.01. The molecule has 116 valence electrons. The minimum Gasteiger partial charge on any atom is -0.480 e. The Kier molecular flexibility index (Phi) is 4.09. The normalized spacial score (nSPS) is 18.3. The molecule has 6 heteroatoms. The van der Waals surface area contributed by atoms with Crippen LogP contribution in [0.5, 0.6) is 5.88 Å². The number of methoxy groups -OCH3 is 1. The summed E-state index contributed by atoms with van der Waals surface area (Å²) in [6.45, 7) is 1.48. The smallest absolute Gasteiger partial charge is 0.259 e. The molecule has 1 aliphatic rings. The first kappa shape index (κ1) is 14.6. The van der Waals surface area contributed by atoms with Crippen molar-refractivity contribution in [1.29, 1.82) is 0 Å². The fourth-order valence-corrected chi connectivity index (χ4v) is 2.97. The van der Waals surface area contributed by atoms with Gasteiger partial charge >= 0.3 is 0 Å². The second-order valence-corrected chi connectivity index (χ2v) is 5.60. The molecule has 1 amide bonds. The van der Waals surface area contributed by atoms with Crippen molar-refractivity contribution in [2.45, 2.75) is 18.8 Å². The summed E-state index contributed by atoms with van der Waals surface area (Å²) in [6.07, 6.45) is 7.63. The molecule has 1 aliphatic heterocycles. The topological polar surface area (TPSA) is 60.2 Å². The molecule has 0 aromatic carbocycles. The first-order valence-electron chi connectivity index (χ1n) is 7.46. The number of likely N-dealkylation sites (tertiary alicyclic amines) is 1. The molecule has 0 radical (unpaired) electrons. The SMILES string of the molecule is COc1ncccc1C(=O)N1CCCC(c2cnn(C)c2)C1. The standard InChI is InChI=1S/C16H20N4O2/c1-19-10-13(9-18-19)12-5-4-8-20(11-12)16(21)14-6-3-7-17-15(14)22-2/h3,6-7,9-10,12H,4-5,8,11H2,1-2H3. The van der Waals surface area contributed by atoms with Gasteiger partial charge in [0.2, 0.25) is 5.88 Å². The molecule has 0 aliphatic carbocycles. The largest absolute Gasteiger partial charge is 0.480 e. The summed E-state index contributed by atoms with van der Waals surface area (Å²) in [5, 5.41) is 4.23. The maximum Gasteiger partial charge on any atom is 0.259 e. The van der Waals surface area contributed by atoms with E-state index in [0.29, 0.717) is 23.9 Å². The van der Waals surface area contributed by atoms with E-state index in [-0.39, 0.29) is 5.91 Å². The molecule has 2 aromatic rings. The van der Waals surface area contributed by atoms with Crippen LogP contribution >= 0.6 is 0 Å². The minimum atomic E-state index is -0.0152. The van der Waals surface area contributed by atoms with Crippen molar-refractivity contribution in [3.8, 4) is 5.88 Å². The van der Waals surface area contributed by atoms with E-state index in [1.54, 1.807) is 23.0 Å². The Hall–Kier alpha value is -2.37. The third-order valence-electron chi connectivity index (χ3n) is 4.10. The highest BCUT2D eigenvalue weighted by atomic mass is 16.5. The molecule has 0 N–H and O–H groups in total. The average molecular weight is 300 g/mol. The van der Waals surface area contributed by atoms with Gasteiger partial charge in [-0.15, -0.1) is 0 Å². The van der Waals surface area contributed by atoms with Crippen LogP contribution in [0, 0.1) is 0 Å². The van der Waals surface area contributed by atoms with Gasteiger partial charge in [0.05, 0.1) is 13.3 Å². The van der Waals surface area contributed by atoms with Crippen molar-refractivity contribution in [3.05, 3.63) is 41.9 Å². The molecule has 22 heavy (non-hydrogen) atoms. The molecular weight excluding hydrogens is 280 g/mol. The predicted octanol–water partition coefficient (Wildman–Crippen LogP) is 1.84. The minimum absolute atomic E-state index is 0.0152. The zero-order valence-electron chi connectivity index (χ0n) is 12.9. The summed E-state index contributed by atoms with van der Waals surface area (Å²) in [6, 6.07) is 3.53. The van der Waals surface area contributed by atoms with Crippen molar-refractivity contribution in [2.75, 3.05) is 20.2 Å². The Morgan fingerprint density at radius 2 is 2.32 bits per heavy atom. The second kappa shape index (κ2) is 6.17. The van der Waals surface area contributed by atoms with Crippen LogP contribution in [0.2, 0.25) is 0 Å². The van der Waals surface area contributed by atoms with Crippen molar-refractivity contribution in [3.63, 3.8) is 0 Å². The Bertz CT molecular complexity index is 668. The van der Waals surface area contributed by atoms with E-state index in [2.05, 4.69) is 10.1 Å². The number of aromatic nitrogens is 3. The number of aryl methyl sites for hydroxylation is 1. The number of hydrogen-bond acceptors (Lipinski definition) is 4. The fraction of sp³-hybridized carbons (Fsp3) is 0.438. The van der Waals surface area contributed by atoms with Crippen molar-refractivity contribution in [2.24, 2.45) is 7.05 Å². The van der Waals surface area contributed by atoms with Crippen LogP contribution in [0.1, 0.15) is 34.7 Å². The van der Waals surface area contributed by atoms with Crippen LogP contribution < -0.4 is 4.74 Å². The van der Waals surface area contributed by atoms with Crippen LogP contribution in [0.15, 0.2) is 30.7 Å². The van der Waals surface area contributed by atoms with Gasteiger partial charge in [-0.05, 0) is 30.5 Å². The lowest BCUT2D eigenvalue weighted by molar-refractivity contribution is 0.0703. The fourth-order valence-electron chi connectivity index (χ4n) is 2.97. The van der Waals surface area contributed by atoms with Crippen molar-refractivity contribution in [1.82, 2.24) is 19.7 Å². The summed E-state index contributed by atoms with van der Waals surface area (Å²) in [5.74, 6) is 0.712. The number of rotatable bonds is 3. The van der Waals surface area contributed by atoms with Gasteiger partial charge in [0.25, 0.3) is 5.91 Å². The van der Waals surface area contributed by atoms with Gasteiger partial charge in [-0.2, -0.15) is 5.10 Å². The number of nitrogens with zero attached hydrogens (tertiary/aromatic N) is 4. The van der Waals surface area contributed by atoms with E-state index in [0.717, 1.165) is 19.4 Å². The summed E-state index contributed by atoms with van der Waals surface area (Å²) in [4.78, 5) is 18.7. The summed E-state index contributed by atoms with van der Waals surface area (Å²) in [7, 11) is 3.45. The van der Waals surface area contributed by atoms with E-state index >= 15 is 0 Å². The number of piperidine rings is 1. The molecule has 3 heterocycles. The van der Waals surface area contributed by atoms with E-state index in [1.807, 2.05) is 24.3 Å². The highest BCUT2D eigenvalue weighted by Crippen LogP contribution is 2.28. The predicted molar refractivity (Wildman–Crippen MR) is 81.9 cm³/mol. The molecule has 1 fully saturated rings. The highest BCUT2D eigenvalue weighted by Gasteiger charge is 2.27. The van der Waals surface area contributed by atoms with Gasteiger partial charge in [-0.3, -0.25) is 9.48 Å². The molecule has 2 aromatic heterocycles. The van der Waals surface area contributed by atoms with Gasteiger partial charge in [0, 0.05) is 38.4 Å². The lowest BCUT2D eigenvalue weighted by atomic mass is 9.92. The van der Waals surface area contributed by atoms with Gasteiger partial charge < -0.3 is 9.64 Å². The lowest BCUT2D eigenvalue weighted by Crippen LogP contribution is -2.39. The molecule has 3 rings (SSSR count). The summed E-state index contributed by atoms with van der Waals surface area (Å²) in [5.41, 5.74) is 1.72. The van der Waals surface area contributed by atoms with Crippen LogP contribution in [-0.4, -0.2) is 45.8 Å². The molecule has 1 saturated heterocycles. The Balaban J connectivity index is 1.78. The quantitative estimate of drug-likeness (QED) is 0.868. The van der Waals surface area contributed by atoms with Crippen molar-refractivity contribution < 1.29 is 9.53 Å². The Morgan fingerprint density at radius 1 is 1.45 bits per heavy atom. The van der Waals surface area contributed by atoms with E-state index in [1.165, 1.54) is 12.7 Å². The molecule has 1 unspecified atom stereocenters. The third-order valence-corrected chi connectivity index (χ3v) is 4.10. The van der Waals surface area contributed by atoms with Crippen LogP contribution in [0.4, 0.5) is 0 Å². The molecule has 1 atom stereocenters. The maximum absolute atomic E-state index is 12.7. The number of carbonyl (C=O) groups excluding carboxylic acids is 1. The maximum atomic E-state index is 12.7. The van der Waals surface area contributed by atoms with E-state index in [9.17, 15) is 4.79 Å². The van der Waals surface area contributed by atoms with Gasteiger partial charge in [-0.1, -0.05) is 0 Å². The zero-order chi connectivity index (χ0) is 15.5. The summed E-state index contributed by atoms with van der Waals surface area (Å²) >= 11 is 0. The van der Waals surface area contributed by atoms with Crippen LogP contribution in [0.25, 0.3) is 0 Å². The monoisotopic (exact) mass is 300 g/mol. The van der Waals surface area contributed by atoms with Crippen LogP contribution in [-0.2, 0) is 7.05 Å². The van der Waals surface area contributed by atoms with E-state index < -0.39 is 0 Å². The number of pyridine rings is 1. The first-order valence-corrected chi connectivity index (χ1v) is 7.46. The van der Waals surface area contributed by atoms with Gasteiger partial charge in [0.1, 0.15) is 5.56 Å². The summed E-state index contributed by atoms with van der Waals surface area (Å²) < 4.78 is 7.01.